The van der Waals surface area contributed by atoms with Crippen molar-refractivity contribution in [3.05, 3.63) is 49.8 Å². The molecular formula is C12H10BrClN2O2. The molecule has 1 N–H and O–H groups in total. The summed E-state index contributed by atoms with van der Waals surface area (Å²) in [6, 6.07) is 6.78. The fourth-order valence-corrected chi connectivity index (χ4v) is 1.94. The van der Waals surface area contributed by atoms with Gasteiger partial charge in [-0.2, -0.15) is 0 Å². The van der Waals surface area contributed by atoms with E-state index in [4.69, 9.17) is 16.3 Å². The highest BCUT2D eigenvalue weighted by Crippen LogP contribution is 2.26. The molecular weight excluding hydrogens is 320 g/mol. The second-order valence-electron chi connectivity index (χ2n) is 3.65. The minimum absolute atomic E-state index is 0.217. The van der Waals surface area contributed by atoms with Crippen molar-refractivity contribution in [2.24, 2.45) is 0 Å². The topological polar surface area (TPSA) is 55.0 Å². The average molecular weight is 330 g/mol. The van der Waals surface area contributed by atoms with Crippen molar-refractivity contribution in [2.45, 2.75) is 6.61 Å². The number of ether oxygens (including phenoxy) is 1. The van der Waals surface area contributed by atoms with Gasteiger partial charge in [-0.3, -0.25) is 4.79 Å². The molecule has 1 aromatic carbocycles. The Morgan fingerprint density at radius 1 is 1.44 bits per heavy atom. The van der Waals surface area contributed by atoms with Crippen LogP contribution in [0.2, 0.25) is 5.02 Å². The number of nitrogens with zero attached hydrogens (tertiary/aromatic N) is 1. The molecule has 0 saturated heterocycles. The molecule has 0 radical (unpaired) electrons. The van der Waals surface area contributed by atoms with E-state index in [1.165, 1.54) is 6.07 Å². The largest absolute Gasteiger partial charge is 0.378 e. The molecule has 1 aromatic heterocycles. The van der Waals surface area contributed by atoms with E-state index in [1.807, 2.05) is 6.07 Å². The first-order valence-electron chi connectivity index (χ1n) is 5.15. The van der Waals surface area contributed by atoms with Gasteiger partial charge in [0.2, 0.25) is 0 Å². The molecule has 6 heteroatoms. The summed E-state index contributed by atoms with van der Waals surface area (Å²) < 4.78 is 5.76. The van der Waals surface area contributed by atoms with E-state index in [0.29, 0.717) is 23.1 Å². The zero-order valence-corrected chi connectivity index (χ0v) is 11.9. The number of nitrogens with one attached hydrogen (secondary N) is 1. The van der Waals surface area contributed by atoms with E-state index in [0.717, 1.165) is 10.0 Å². The van der Waals surface area contributed by atoms with Crippen molar-refractivity contribution in [1.29, 1.82) is 0 Å². The lowest BCUT2D eigenvalue weighted by Crippen LogP contribution is -2.10. The molecule has 2 rings (SSSR count). The summed E-state index contributed by atoms with van der Waals surface area (Å²) in [4.78, 5) is 18.5. The van der Waals surface area contributed by atoms with Crippen molar-refractivity contribution in [3.8, 4) is 11.4 Å². The van der Waals surface area contributed by atoms with Gasteiger partial charge in [0.05, 0.1) is 17.3 Å². The van der Waals surface area contributed by atoms with Crippen molar-refractivity contribution < 1.29 is 4.74 Å². The van der Waals surface area contributed by atoms with E-state index in [2.05, 4.69) is 25.9 Å². The van der Waals surface area contributed by atoms with E-state index in [-0.39, 0.29) is 5.56 Å². The fourth-order valence-electron chi connectivity index (χ4n) is 1.51. The Morgan fingerprint density at radius 2 is 2.22 bits per heavy atom. The summed E-state index contributed by atoms with van der Waals surface area (Å²) in [6.45, 7) is 0.293. The van der Waals surface area contributed by atoms with E-state index >= 15 is 0 Å². The maximum absolute atomic E-state index is 11.5. The predicted molar refractivity (Wildman–Crippen MR) is 73.7 cm³/mol. The van der Waals surface area contributed by atoms with Crippen LogP contribution in [-0.4, -0.2) is 17.1 Å². The van der Waals surface area contributed by atoms with Crippen LogP contribution in [0.5, 0.6) is 0 Å². The lowest BCUT2D eigenvalue weighted by molar-refractivity contribution is 0.181. The number of benzene rings is 1. The van der Waals surface area contributed by atoms with Gasteiger partial charge < -0.3 is 9.72 Å². The Labute approximate surface area is 117 Å². The molecule has 0 atom stereocenters. The van der Waals surface area contributed by atoms with Gasteiger partial charge in [0.1, 0.15) is 5.82 Å². The van der Waals surface area contributed by atoms with Gasteiger partial charge in [-0.25, -0.2) is 4.98 Å². The number of rotatable bonds is 3. The quantitative estimate of drug-likeness (QED) is 0.942. The zero-order valence-electron chi connectivity index (χ0n) is 9.54. The highest BCUT2D eigenvalue weighted by Gasteiger charge is 2.06. The third kappa shape index (κ3) is 2.98. The van der Waals surface area contributed by atoms with Gasteiger partial charge in [0, 0.05) is 23.2 Å². The van der Waals surface area contributed by atoms with Crippen LogP contribution in [0, 0.1) is 0 Å². The molecule has 0 amide bonds. The molecule has 0 aliphatic heterocycles. The minimum Gasteiger partial charge on any atom is -0.378 e. The first kappa shape index (κ1) is 13.3. The van der Waals surface area contributed by atoms with Gasteiger partial charge in [-0.15, -0.1) is 0 Å². The molecule has 2 aromatic rings. The molecule has 0 aliphatic rings. The molecule has 0 bridgehead atoms. The normalized spacial score (nSPS) is 10.6. The Balaban J connectivity index is 2.49. The number of halogens is 2. The highest BCUT2D eigenvalue weighted by molar-refractivity contribution is 9.10. The zero-order chi connectivity index (χ0) is 13.1. The van der Waals surface area contributed by atoms with Crippen molar-refractivity contribution in [3.63, 3.8) is 0 Å². The summed E-state index contributed by atoms with van der Waals surface area (Å²) in [5.41, 5.74) is 1.11. The highest BCUT2D eigenvalue weighted by atomic mass is 79.9. The van der Waals surface area contributed by atoms with Gasteiger partial charge in [-0.1, -0.05) is 17.7 Å². The second-order valence-corrected chi connectivity index (χ2v) is 4.91. The smallest absolute Gasteiger partial charge is 0.251 e. The number of H-pyrrole nitrogens is 1. The molecule has 94 valence electrons. The van der Waals surface area contributed by atoms with Crippen LogP contribution in [0.3, 0.4) is 0 Å². The molecule has 1 heterocycles. The fraction of sp³-hybridized carbons (Fsp3) is 0.167. The minimum atomic E-state index is -0.217. The summed E-state index contributed by atoms with van der Waals surface area (Å²) >= 11 is 9.32. The van der Waals surface area contributed by atoms with Crippen LogP contribution in [0.1, 0.15) is 5.69 Å². The van der Waals surface area contributed by atoms with Crippen LogP contribution in [0.15, 0.2) is 33.5 Å². The Kier molecular flexibility index (Phi) is 4.16. The Morgan fingerprint density at radius 3 is 2.89 bits per heavy atom. The average Bonchev–Trinajstić information content (AvgIpc) is 2.32. The SMILES string of the molecule is COCc1cc(=O)[nH]c(-c2ccc(Br)c(Cl)c2)n1. The number of aromatic amines is 1. The predicted octanol–water partition coefficient (Wildman–Crippen LogP) is 3.00. The van der Waals surface area contributed by atoms with Gasteiger partial charge in [-0.05, 0) is 28.1 Å². The molecule has 0 fully saturated rings. The summed E-state index contributed by atoms with van der Waals surface area (Å²) in [6.07, 6.45) is 0. The third-order valence-corrected chi connectivity index (χ3v) is 3.51. The maximum Gasteiger partial charge on any atom is 0.251 e. The molecule has 18 heavy (non-hydrogen) atoms. The number of hydrogen-bond donors (Lipinski definition) is 1. The molecule has 0 spiro atoms. The van der Waals surface area contributed by atoms with E-state index < -0.39 is 0 Å². The molecule has 0 aliphatic carbocycles. The first-order chi connectivity index (χ1) is 8.60. The second kappa shape index (κ2) is 5.65. The van der Waals surface area contributed by atoms with Gasteiger partial charge in [0.25, 0.3) is 5.56 Å². The maximum atomic E-state index is 11.5. The van der Waals surface area contributed by atoms with Crippen LogP contribution >= 0.6 is 27.5 Å². The summed E-state index contributed by atoms with van der Waals surface area (Å²) in [7, 11) is 1.55. The third-order valence-electron chi connectivity index (χ3n) is 2.28. The van der Waals surface area contributed by atoms with Crippen LogP contribution in [0.25, 0.3) is 11.4 Å². The summed E-state index contributed by atoms with van der Waals surface area (Å²) in [5.74, 6) is 0.476. The van der Waals surface area contributed by atoms with Crippen LogP contribution in [0.4, 0.5) is 0 Å². The Hall–Kier alpha value is -1.17. The Bertz CT molecular complexity index is 628. The number of aromatic nitrogens is 2. The van der Waals surface area contributed by atoms with Gasteiger partial charge >= 0.3 is 0 Å². The van der Waals surface area contributed by atoms with Crippen molar-refractivity contribution in [1.82, 2.24) is 9.97 Å². The first-order valence-corrected chi connectivity index (χ1v) is 6.32. The molecule has 4 nitrogen and oxygen atoms in total. The van der Waals surface area contributed by atoms with E-state index in [1.54, 1.807) is 19.2 Å². The molecule has 0 unspecified atom stereocenters. The number of methoxy groups -OCH3 is 1. The number of hydrogen-bond acceptors (Lipinski definition) is 3. The van der Waals surface area contributed by atoms with Crippen molar-refractivity contribution in [2.75, 3.05) is 7.11 Å². The van der Waals surface area contributed by atoms with Crippen LogP contribution < -0.4 is 5.56 Å². The van der Waals surface area contributed by atoms with Gasteiger partial charge in [0.15, 0.2) is 0 Å². The molecule has 0 saturated carbocycles. The monoisotopic (exact) mass is 328 g/mol. The van der Waals surface area contributed by atoms with Crippen LogP contribution in [-0.2, 0) is 11.3 Å². The van der Waals surface area contributed by atoms with Crippen molar-refractivity contribution >= 4 is 27.5 Å². The lowest BCUT2D eigenvalue weighted by Gasteiger charge is -2.05. The lowest BCUT2D eigenvalue weighted by atomic mass is 10.2. The standard InChI is InChI=1S/C12H10BrClN2O2/c1-18-6-8-5-11(17)16-12(15-8)7-2-3-9(13)10(14)4-7/h2-5H,6H2,1H3,(H,15,16,17). The van der Waals surface area contributed by atoms with E-state index in [9.17, 15) is 4.79 Å². The summed E-state index contributed by atoms with van der Waals surface area (Å²) in [5, 5.41) is 0.562.